The zero-order valence-corrected chi connectivity index (χ0v) is 25.7. The molecule has 0 amide bonds. The Bertz CT molecular complexity index is 1270. The van der Waals surface area contributed by atoms with Crippen molar-refractivity contribution in [2.45, 2.75) is 6.61 Å². The molecular formula is C23H12Br2I3NO3. The van der Waals surface area contributed by atoms with E-state index in [0.717, 1.165) is 42.1 Å². The van der Waals surface area contributed by atoms with Crippen molar-refractivity contribution in [1.82, 2.24) is 0 Å². The first-order chi connectivity index (χ1) is 15.3. The maximum atomic E-state index is 12.4. The molecule has 0 unspecified atom stereocenters. The fourth-order valence-corrected chi connectivity index (χ4v) is 6.13. The van der Waals surface area contributed by atoms with Crippen molar-refractivity contribution in [1.29, 1.82) is 0 Å². The molecule has 3 aromatic carbocycles. The van der Waals surface area contributed by atoms with E-state index in [9.17, 15) is 4.79 Å². The van der Waals surface area contributed by atoms with Crippen molar-refractivity contribution in [3.8, 4) is 5.75 Å². The number of nitrogens with zero attached hydrogens (tertiary/aromatic N) is 1. The van der Waals surface area contributed by atoms with E-state index in [1.807, 2.05) is 54.6 Å². The summed E-state index contributed by atoms with van der Waals surface area (Å²) in [5.74, 6) is 0.649. The number of carbonyl (C=O) groups is 1. The SMILES string of the molecule is O=C1OC(c2ccc(I)c(Br)c2)=N/C1=C\c1cc(I)c(OCc2ccccc2Br)c(I)c1. The molecule has 0 radical (unpaired) electrons. The number of hydrogen-bond donors (Lipinski definition) is 0. The summed E-state index contributed by atoms with van der Waals surface area (Å²) in [5, 5.41) is 0. The second-order valence-corrected chi connectivity index (χ2v) is 11.9. The van der Waals surface area contributed by atoms with Crippen LogP contribution in [0.1, 0.15) is 16.7 Å². The molecule has 4 rings (SSSR count). The Morgan fingerprint density at radius 2 is 1.66 bits per heavy atom. The summed E-state index contributed by atoms with van der Waals surface area (Å²) in [4.78, 5) is 16.8. The Morgan fingerprint density at radius 3 is 2.34 bits per heavy atom. The number of aliphatic imine (C=N–C) groups is 1. The topological polar surface area (TPSA) is 47.9 Å². The fraction of sp³-hybridized carbons (Fsp3) is 0.0435. The van der Waals surface area contributed by atoms with Crippen LogP contribution in [0.25, 0.3) is 6.08 Å². The molecule has 0 aromatic heterocycles. The Labute approximate surface area is 242 Å². The predicted octanol–water partition coefficient (Wildman–Crippen LogP) is 7.95. The van der Waals surface area contributed by atoms with E-state index in [1.165, 1.54) is 0 Å². The summed E-state index contributed by atoms with van der Waals surface area (Å²) in [6, 6.07) is 17.6. The number of esters is 1. The van der Waals surface area contributed by atoms with Gasteiger partial charge in [-0.25, -0.2) is 9.79 Å². The van der Waals surface area contributed by atoms with Crippen LogP contribution in [0.2, 0.25) is 0 Å². The van der Waals surface area contributed by atoms with Gasteiger partial charge < -0.3 is 9.47 Å². The molecule has 9 heteroatoms. The van der Waals surface area contributed by atoms with Crippen molar-refractivity contribution in [2.24, 2.45) is 4.99 Å². The Balaban J connectivity index is 1.57. The van der Waals surface area contributed by atoms with Gasteiger partial charge in [-0.1, -0.05) is 34.1 Å². The molecule has 1 aliphatic rings. The molecule has 0 N–H and O–H groups in total. The highest BCUT2D eigenvalue weighted by atomic mass is 127. The van der Waals surface area contributed by atoms with Crippen molar-refractivity contribution >= 4 is 118 Å². The summed E-state index contributed by atoms with van der Waals surface area (Å²) in [5.41, 5.74) is 2.94. The third-order valence-corrected chi connectivity index (χ3v) is 9.16. The van der Waals surface area contributed by atoms with E-state index in [2.05, 4.69) is 105 Å². The average molecular weight is 891 g/mol. The van der Waals surface area contributed by atoms with E-state index in [-0.39, 0.29) is 5.70 Å². The van der Waals surface area contributed by atoms with Crippen molar-refractivity contribution in [3.63, 3.8) is 0 Å². The summed E-state index contributed by atoms with van der Waals surface area (Å²) in [6.45, 7) is 0.458. The van der Waals surface area contributed by atoms with Crippen LogP contribution in [0.15, 0.2) is 74.2 Å². The zero-order valence-electron chi connectivity index (χ0n) is 16.0. The third kappa shape index (κ3) is 5.76. The largest absolute Gasteiger partial charge is 0.487 e. The Kier molecular flexibility index (Phi) is 8.33. The molecule has 1 aliphatic heterocycles. The smallest absolute Gasteiger partial charge is 0.363 e. The highest BCUT2D eigenvalue weighted by molar-refractivity contribution is 14.1. The molecule has 0 aliphatic carbocycles. The predicted molar refractivity (Wildman–Crippen MR) is 158 cm³/mol. The van der Waals surface area contributed by atoms with Gasteiger partial charge in [0.1, 0.15) is 12.4 Å². The van der Waals surface area contributed by atoms with Crippen LogP contribution in [0.5, 0.6) is 5.75 Å². The van der Waals surface area contributed by atoms with Crippen molar-refractivity contribution < 1.29 is 14.3 Å². The van der Waals surface area contributed by atoms with Gasteiger partial charge in [0.2, 0.25) is 5.90 Å². The first-order valence-corrected chi connectivity index (χ1v) is 14.0. The molecule has 0 fully saturated rings. The van der Waals surface area contributed by atoms with Gasteiger partial charge in [0.15, 0.2) is 5.70 Å². The van der Waals surface area contributed by atoms with Gasteiger partial charge in [-0.15, -0.1) is 0 Å². The van der Waals surface area contributed by atoms with Crippen molar-refractivity contribution in [3.05, 3.63) is 96.6 Å². The standard InChI is InChI=1S/C23H12Br2I3NO3/c24-15-4-2-1-3-14(15)11-31-21-18(27)7-12(8-19(21)28)9-20-23(30)32-22(29-20)13-5-6-17(26)16(25)10-13/h1-10H,11H2/b20-9-. The van der Waals surface area contributed by atoms with Gasteiger partial charge in [-0.05, 0) is 132 Å². The van der Waals surface area contributed by atoms with E-state index < -0.39 is 5.97 Å². The van der Waals surface area contributed by atoms with E-state index >= 15 is 0 Å². The molecule has 162 valence electrons. The second kappa shape index (κ2) is 10.8. The third-order valence-electron chi connectivity index (χ3n) is 4.44. The number of rotatable bonds is 5. The summed E-state index contributed by atoms with van der Waals surface area (Å²) in [7, 11) is 0. The maximum absolute atomic E-state index is 12.4. The van der Waals surface area contributed by atoms with Gasteiger partial charge in [-0.3, -0.25) is 0 Å². The number of hydrogen-bond acceptors (Lipinski definition) is 4. The first-order valence-electron chi connectivity index (χ1n) is 9.15. The van der Waals surface area contributed by atoms with Crippen LogP contribution in [0.4, 0.5) is 0 Å². The normalized spacial score (nSPS) is 14.5. The van der Waals surface area contributed by atoms with E-state index in [0.29, 0.717) is 12.5 Å². The van der Waals surface area contributed by atoms with Gasteiger partial charge in [-0.2, -0.15) is 0 Å². The summed E-state index contributed by atoms with van der Waals surface area (Å²) in [6.07, 6.45) is 1.74. The molecule has 0 spiro atoms. The van der Waals surface area contributed by atoms with Crippen LogP contribution < -0.4 is 4.74 Å². The molecule has 1 heterocycles. The minimum absolute atomic E-state index is 0.267. The molecule has 32 heavy (non-hydrogen) atoms. The molecule has 0 bridgehead atoms. The molecule has 3 aromatic rings. The van der Waals surface area contributed by atoms with Crippen molar-refractivity contribution in [2.75, 3.05) is 0 Å². The molecular weight excluding hydrogens is 879 g/mol. The highest BCUT2D eigenvalue weighted by Crippen LogP contribution is 2.32. The number of benzene rings is 3. The van der Waals surface area contributed by atoms with E-state index in [4.69, 9.17) is 9.47 Å². The number of cyclic esters (lactones) is 1. The van der Waals surface area contributed by atoms with E-state index in [1.54, 1.807) is 6.08 Å². The quantitative estimate of drug-likeness (QED) is 0.149. The zero-order chi connectivity index (χ0) is 22.8. The number of carbonyl (C=O) groups excluding carboxylic acids is 1. The lowest BCUT2D eigenvalue weighted by atomic mass is 10.2. The summed E-state index contributed by atoms with van der Waals surface area (Å²) >= 11 is 13.8. The second-order valence-electron chi connectivity index (χ2n) is 6.66. The highest BCUT2D eigenvalue weighted by Gasteiger charge is 2.25. The van der Waals surface area contributed by atoms with Gasteiger partial charge in [0.25, 0.3) is 0 Å². The van der Waals surface area contributed by atoms with Gasteiger partial charge in [0, 0.05) is 23.6 Å². The maximum Gasteiger partial charge on any atom is 0.363 e. The Hall–Kier alpha value is -0.510. The van der Waals surface area contributed by atoms with Gasteiger partial charge in [0.05, 0.1) is 7.14 Å². The Morgan fingerprint density at radius 1 is 0.938 bits per heavy atom. The van der Waals surface area contributed by atoms with Crippen LogP contribution >= 0.6 is 99.6 Å². The molecule has 0 saturated heterocycles. The summed E-state index contributed by atoms with van der Waals surface area (Å²) < 4.78 is 16.4. The lowest BCUT2D eigenvalue weighted by molar-refractivity contribution is -0.129. The number of ether oxygens (including phenoxy) is 2. The number of halogens is 5. The monoisotopic (exact) mass is 889 g/mol. The minimum Gasteiger partial charge on any atom is -0.487 e. The lowest BCUT2D eigenvalue weighted by Crippen LogP contribution is -2.05. The average Bonchev–Trinajstić information content (AvgIpc) is 3.11. The molecule has 0 atom stereocenters. The van der Waals surface area contributed by atoms with Crippen LogP contribution in [-0.4, -0.2) is 11.9 Å². The minimum atomic E-state index is -0.464. The van der Waals surface area contributed by atoms with Crippen LogP contribution in [0, 0.1) is 10.7 Å². The van der Waals surface area contributed by atoms with Crippen LogP contribution in [-0.2, 0) is 16.1 Å². The first kappa shape index (κ1) is 24.6. The lowest BCUT2D eigenvalue weighted by Gasteiger charge is -2.12. The van der Waals surface area contributed by atoms with Gasteiger partial charge >= 0.3 is 5.97 Å². The fourth-order valence-electron chi connectivity index (χ4n) is 2.89. The van der Waals surface area contributed by atoms with Crippen LogP contribution in [0.3, 0.4) is 0 Å². The molecule has 4 nitrogen and oxygen atoms in total. The molecule has 0 saturated carbocycles.